The number of ether oxygens (including phenoxy) is 1. The molecule has 0 bridgehead atoms. The minimum atomic E-state index is -0.159. The third-order valence-corrected chi connectivity index (χ3v) is 3.57. The lowest BCUT2D eigenvalue weighted by Crippen LogP contribution is -2.29. The Labute approximate surface area is 140 Å². The molecule has 0 amide bonds. The summed E-state index contributed by atoms with van der Waals surface area (Å²) in [5.74, 6) is 0.485. The third kappa shape index (κ3) is 5.52. The molecule has 6 nitrogen and oxygen atoms in total. The fraction of sp³-hybridized carbons (Fsp3) is 0.438. The lowest BCUT2D eigenvalue weighted by Gasteiger charge is -2.10. The van der Waals surface area contributed by atoms with Crippen molar-refractivity contribution in [2.24, 2.45) is 0 Å². The predicted octanol–water partition coefficient (Wildman–Crippen LogP) is 3.16. The van der Waals surface area contributed by atoms with Crippen molar-refractivity contribution in [1.82, 2.24) is 10.3 Å². The molecule has 124 valence electrons. The monoisotopic (exact) mass is 335 g/mol. The van der Waals surface area contributed by atoms with Crippen molar-refractivity contribution >= 4 is 40.1 Å². The SMILES string of the molecule is COC(=O)CCCCCNC(=S)Nc1ccc2oc(C)nc2c1. The first kappa shape index (κ1) is 17.2. The molecule has 0 spiro atoms. The second kappa shape index (κ2) is 8.47. The van der Waals surface area contributed by atoms with Gasteiger partial charge in [-0.05, 0) is 43.3 Å². The summed E-state index contributed by atoms with van der Waals surface area (Å²) in [7, 11) is 1.41. The Morgan fingerprint density at radius 1 is 1.35 bits per heavy atom. The van der Waals surface area contributed by atoms with Gasteiger partial charge in [-0.1, -0.05) is 6.42 Å². The molecule has 0 aliphatic carbocycles. The van der Waals surface area contributed by atoms with Gasteiger partial charge in [0.15, 0.2) is 16.6 Å². The van der Waals surface area contributed by atoms with Crippen molar-refractivity contribution in [3.63, 3.8) is 0 Å². The van der Waals surface area contributed by atoms with Crippen molar-refractivity contribution in [1.29, 1.82) is 0 Å². The maximum Gasteiger partial charge on any atom is 0.305 e. The molecule has 1 heterocycles. The number of aryl methyl sites for hydroxylation is 1. The Hall–Kier alpha value is -2.15. The van der Waals surface area contributed by atoms with Crippen LogP contribution in [0.4, 0.5) is 5.69 Å². The highest BCUT2D eigenvalue weighted by Gasteiger charge is 2.04. The molecule has 1 aromatic carbocycles. The van der Waals surface area contributed by atoms with E-state index < -0.39 is 0 Å². The van der Waals surface area contributed by atoms with Gasteiger partial charge < -0.3 is 19.8 Å². The first-order chi connectivity index (χ1) is 11.1. The zero-order chi connectivity index (χ0) is 16.7. The highest BCUT2D eigenvalue weighted by atomic mass is 32.1. The molecule has 2 N–H and O–H groups in total. The van der Waals surface area contributed by atoms with E-state index in [1.807, 2.05) is 25.1 Å². The van der Waals surface area contributed by atoms with Gasteiger partial charge in [-0.15, -0.1) is 0 Å². The van der Waals surface area contributed by atoms with Crippen molar-refractivity contribution in [3.8, 4) is 0 Å². The van der Waals surface area contributed by atoms with Crippen LogP contribution in [0.2, 0.25) is 0 Å². The van der Waals surface area contributed by atoms with E-state index in [1.165, 1.54) is 7.11 Å². The van der Waals surface area contributed by atoms with Crippen LogP contribution in [-0.2, 0) is 9.53 Å². The van der Waals surface area contributed by atoms with Gasteiger partial charge in [-0.25, -0.2) is 4.98 Å². The van der Waals surface area contributed by atoms with Crippen molar-refractivity contribution in [2.45, 2.75) is 32.6 Å². The number of fused-ring (bicyclic) bond motifs is 1. The summed E-state index contributed by atoms with van der Waals surface area (Å²) in [5, 5.41) is 6.84. The van der Waals surface area contributed by atoms with E-state index in [4.69, 9.17) is 16.6 Å². The highest BCUT2D eigenvalue weighted by molar-refractivity contribution is 7.80. The van der Waals surface area contributed by atoms with Gasteiger partial charge in [0, 0.05) is 25.6 Å². The van der Waals surface area contributed by atoms with Crippen molar-refractivity contribution in [3.05, 3.63) is 24.1 Å². The van der Waals surface area contributed by atoms with Gasteiger partial charge in [0.05, 0.1) is 7.11 Å². The molecule has 2 aromatic rings. The fourth-order valence-corrected chi connectivity index (χ4v) is 2.39. The zero-order valence-corrected chi connectivity index (χ0v) is 14.2. The molecular weight excluding hydrogens is 314 g/mol. The molecule has 0 saturated heterocycles. The lowest BCUT2D eigenvalue weighted by molar-refractivity contribution is -0.140. The number of carbonyl (C=O) groups excluding carboxylic acids is 1. The fourth-order valence-electron chi connectivity index (χ4n) is 2.17. The summed E-state index contributed by atoms with van der Waals surface area (Å²) in [6.45, 7) is 2.58. The second-order valence-corrected chi connectivity index (χ2v) is 5.59. The minimum Gasteiger partial charge on any atom is -0.469 e. The molecule has 1 aromatic heterocycles. The first-order valence-electron chi connectivity index (χ1n) is 7.57. The van der Waals surface area contributed by atoms with Crippen molar-refractivity contribution in [2.75, 3.05) is 19.0 Å². The summed E-state index contributed by atoms with van der Waals surface area (Å²) < 4.78 is 10.0. The van der Waals surface area contributed by atoms with Crippen LogP contribution in [-0.4, -0.2) is 29.7 Å². The summed E-state index contributed by atoms with van der Waals surface area (Å²) in [6, 6.07) is 5.67. The number of oxazole rings is 1. The summed E-state index contributed by atoms with van der Waals surface area (Å²) in [4.78, 5) is 15.3. The number of rotatable bonds is 7. The van der Waals surface area contributed by atoms with Gasteiger partial charge >= 0.3 is 5.97 Å². The molecule has 0 saturated carbocycles. The summed E-state index contributed by atoms with van der Waals surface area (Å²) in [5.41, 5.74) is 2.43. The Morgan fingerprint density at radius 3 is 2.96 bits per heavy atom. The number of esters is 1. The van der Waals surface area contributed by atoms with E-state index in [2.05, 4.69) is 20.4 Å². The number of thiocarbonyl (C=S) groups is 1. The van der Waals surface area contributed by atoms with E-state index in [0.717, 1.165) is 42.6 Å². The molecule has 7 heteroatoms. The van der Waals surface area contributed by atoms with E-state index >= 15 is 0 Å². The Balaban J connectivity index is 1.68. The quantitative estimate of drug-likeness (QED) is 0.457. The zero-order valence-electron chi connectivity index (χ0n) is 13.3. The normalized spacial score (nSPS) is 10.5. The number of aromatic nitrogens is 1. The second-order valence-electron chi connectivity index (χ2n) is 5.18. The van der Waals surface area contributed by atoms with Gasteiger partial charge in [-0.2, -0.15) is 0 Å². The molecule has 0 aliphatic rings. The minimum absolute atomic E-state index is 0.159. The topological polar surface area (TPSA) is 76.4 Å². The molecule has 0 atom stereocenters. The average Bonchev–Trinajstić information content (AvgIpc) is 2.89. The van der Waals surface area contributed by atoms with Crippen LogP contribution in [0.25, 0.3) is 11.1 Å². The smallest absolute Gasteiger partial charge is 0.305 e. The van der Waals surface area contributed by atoms with Gasteiger partial charge in [-0.3, -0.25) is 4.79 Å². The molecule has 23 heavy (non-hydrogen) atoms. The summed E-state index contributed by atoms with van der Waals surface area (Å²) >= 11 is 5.26. The molecule has 0 radical (unpaired) electrons. The number of hydrogen-bond acceptors (Lipinski definition) is 5. The largest absolute Gasteiger partial charge is 0.469 e. The predicted molar refractivity (Wildman–Crippen MR) is 93.5 cm³/mol. The molecule has 2 rings (SSSR count). The Bertz CT molecular complexity index is 684. The highest BCUT2D eigenvalue weighted by Crippen LogP contribution is 2.19. The molecule has 0 aliphatic heterocycles. The number of nitrogens with zero attached hydrogens (tertiary/aromatic N) is 1. The first-order valence-corrected chi connectivity index (χ1v) is 7.98. The van der Waals surface area contributed by atoms with E-state index in [1.54, 1.807) is 0 Å². The van der Waals surface area contributed by atoms with Crippen LogP contribution >= 0.6 is 12.2 Å². The average molecular weight is 335 g/mol. The van der Waals surface area contributed by atoms with Gasteiger partial charge in [0.25, 0.3) is 0 Å². The third-order valence-electron chi connectivity index (χ3n) is 3.32. The molecule has 0 unspecified atom stereocenters. The molecule has 0 fully saturated rings. The van der Waals surface area contributed by atoms with Crippen LogP contribution in [0.15, 0.2) is 22.6 Å². The Morgan fingerprint density at radius 2 is 2.17 bits per heavy atom. The summed E-state index contributed by atoms with van der Waals surface area (Å²) in [6.07, 6.45) is 3.20. The van der Waals surface area contributed by atoms with Crippen LogP contribution in [0, 0.1) is 6.92 Å². The number of hydrogen-bond donors (Lipinski definition) is 2. The van der Waals surface area contributed by atoms with Crippen LogP contribution in [0.3, 0.4) is 0 Å². The lowest BCUT2D eigenvalue weighted by atomic mass is 10.2. The van der Waals surface area contributed by atoms with Crippen LogP contribution < -0.4 is 10.6 Å². The molecular formula is C16H21N3O3S. The number of anilines is 1. The number of nitrogens with one attached hydrogen (secondary N) is 2. The number of benzene rings is 1. The number of carbonyl (C=O) groups is 1. The van der Waals surface area contributed by atoms with E-state index in [9.17, 15) is 4.79 Å². The van der Waals surface area contributed by atoms with E-state index in [-0.39, 0.29) is 5.97 Å². The Kier molecular flexibility index (Phi) is 6.34. The van der Waals surface area contributed by atoms with Crippen LogP contribution in [0.5, 0.6) is 0 Å². The van der Waals surface area contributed by atoms with Gasteiger partial charge in [0.2, 0.25) is 0 Å². The van der Waals surface area contributed by atoms with E-state index in [0.29, 0.717) is 17.4 Å². The number of methoxy groups -OCH3 is 1. The maximum absolute atomic E-state index is 11.0. The van der Waals surface area contributed by atoms with Gasteiger partial charge in [0.1, 0.15) is 5.52 Å². The standard InChI is InChI=1S/C16H21N3O3S/c1-11-18-13-10-12(7-8-14(13)22-11)19-16(23)17-9-5-3-4-6-15(20)21-2/h7-8,10H,3-6,9H2,1-2H3,(H2,17,19,23). The van der Waals surface area contributed by atoms with Crippen molar-refractivity contribution < 1.29 is 13.9 Å². The maximum atomic E-state index is 11.0. The van der Waals surface area contributed by atoms with Crippen LogP contribution in [0.1, 0.15) is 31.6 Å². The number of unbranched alkanes of at least 4 members (excludes halogenated alkanes) is 2.